The van der Waals surface area contributed by atoms with Crippen LogP contribution in [-0.2, 0) is 5.41 Å². The molecule has 5 heteroatoms. The van der Waals surface area contributed by atoms with E-state index in [9.17, 15) is 0 Å². The summed E-state index contributed by atoms with van der Waals surface area (Å²) >= 11 is 1.59. The zero-order chi connectivity index (χ0) is 22.3. The number of aryl methyl sites for hydroxylation is 1. The van der Waals surface area contributed by atoms with Crippen LogP contribution in [0.25, 0.3) is 32.5 Å². The molecule has 160 valence electrons. The number of para-hydroxylation sites is 1. The lowest BCUT2D eigenvalue weighted by molar-refractivity contribution is 0.589. The van der Waals surface area contributed by atoms with Gasteiger partial charge in [-0.05, 0) is 42.2 Å². The fourth-order valence-corrected chi connectivity index (χ4v) is 4.49. The maximum absolute atomic E-state index is 6.27. The molecule has 0 spiro atoms. The SMILES string of the molecule is Cc1ccc2oc(-c3ccc(C(C)(C)C)cc3)cc(=NNc3nc4ccccc4s3)c2c1. The van der Waals surface area contributed by atoms with Gasteiger partial charge in [0, 0.05) is 17.0 Å². The van der Waals surface area contributed by atoms with Gasteiger partial charge in [0.1, 0.15) is 11.3 Å². The van der Waals surface area contributed by atoms with Crippen molar-refractivity contribution in [2.24, 2.45) is 5.10 Å². The number of hydrogen-bond acceptors (Lipinski definition) is 5. The Morgan fingerprint density at radius 2 is 1.72 bits per heavy atom. The molecule has 2 heterocycles. The van der Waals surface area contributed by atoms with Gasteiger partial charge in [-0.25, -0.2) is 4.98 Å². The molecule has 5 rings (SSSR count). The Labute approximate surface area is 191 Å². The van der Waals surface area contributed by atoms with Crippen molar-refractivity contribution in [3.63, 3.8) is 0 Å². The number of nitrogens with zero attached hydrogens (tertiary/aromatic N) is 2. The predicted molar refractivity (Wildman–Crippen MR) is 134 cm³/mol. The third kappa shape index (κ3) is 4.04. The van der Waals surface area contributed by atoms with Gasteiger partial charge in [-0.3, -0.25) is 5.43 Å². The molecule has 1 N–H and O–H groups in total. The molecule has 0 aliphatic heterocycles. The van der Waals surface area contributed by atoms with E-state index < -0.39 is 0 Å². The Morgan fingerprint density at radius 3 is 2.47 bits per heavy atom. The summed E-state index contributed by atoms with van der Waals surface area (Å²) in [5, 5.41) is 7.28. The summed E-state index contributed by atoms with van der Waals surface area (Å²) in [6.45, 7) is 8.73. The molecule has 0 atom stereocenters. The van der Waals surface area contributed by atoms with Crippen molar-refractivity contribution >= 4 is 37.7 Å². The minimum Gasteiger partial charge on any atom is -0.456 e. The van der Waals surface area contributed by atoms with Gasteiger partial charge in [-0.15, -0.1) is 0 Å². The number of thiazole rings is 1. The zero-order valence-electron chi connectivity index (χ0n) is 18.6. The highest BCUT2D eigenvalue weighted by Gasteiger charge is 2.14. The van der Waals surface area contributed by atoms with Gasteiger partial charge in [-0.2, -0.15) is 5.10 Å². The van der Waals surface area contributed by atoms with E-state index in [1.807, 2.05) is 30.3 Å². The van der Waals surface area contributed by atoms with E-state index in [2.05, 4.69) is 80.6 Å². The topological polar surface area (TPSA) is 50.4 Å². The average molecular weight is 440 g/mol. The van der Waals surface area contributed by atoms with Crippen molar-refractivity contribution in [2.45, 2.75) is 33.1 Å². The van der Waals surface area contributed by atoms with Crippen molar-refractivity contribution < 1.29 is 4.42 Å². The van der Waals surface area contributed by atoms with Gasteiger partial charge in [0.25, 0.3) is 0 Å². The normalized spacial score (nSPS) is 12.6. The number of benzene rings is 3. The number of anilines is 1. The summed E-state index contributed by atoms with van der Waals surface area (Å²) in [5.74, 6) is 0.784. The molecule has 0 aliphatic rings. The Hall–Kier alpha value is -3.44. The van der Waals surface area contributed by atoms with E-state index in [1.54, 1.807) is 11.3 Å². The first-order chi connectivity index (χ1) is 15.4. The number of aromatic nitrogens is 1. The van der Waals surface area contributed by atoms with E-state index in [4.69, 9.17) is 9.52 Å². The quantitative estimate of drug-likeness (QED) is 0.301. The third-order valence-corrected chi connectivity index (χ3v) is 6.44. The van der Waals surface area contributed by atoms with E-state index in [-0.39, 0.29) is 5.41 Å². The van der Waals surface area contributed by atoms with Crippen LogP contribution in [0.4, 0.5) is 5.13 Å². The van der Waals surface area contributed by atoms with E-state index in [0.29, 0.717) is 0 Å². The Morgan fingerprint density at radius 1 is 0.938 bits per heavy atom. The van der Waals surface area contributed by atoms with Gasteiger partial charge in [0.2, 0.25) is 5.13 Å². The van der Waals surface area contributed by atoms with Crippen LogP contribution < -0.4 is 10.8 Å². The second-order valence-corrected chi connectivity index (χ2v) is 10.1. The summed E-state index contributed by atoms with van der Waals surface area (Å²) in [5.41, 5.74) is 8.52. The van der Waals surface area contributed by atoms with Crippen molar-refractivity contribution in [2.75, 3.05) is 5.43 Å². The van der Waals surface area contributed by atoms with Crippen LogP contribution in [0.15, 0.2) is 82.3 Å². The van der Waals surface area contributed by atoms with Gasteiger partial charge in [0.15, 0.2) is 0 Å². The van der Waals surface area contributed by atoms with Crippen LogP contribution >= 0.6 is 11.3 Å². The molecule has 0 fully saturated rings. The lowest BCUT2D eigenvalue weighted by atomic mass is 9.86. The lowest BCUT2D eigenvalue weighted by Gasteiger charge is -2.19. The molecule has 32 heavy (non-hydrogen) atoms. The molecule has 0 saturated carbocycles. The van der Waals surface area contributed by atoms with Gasteiger partial charge in [-0.1, -0.05) is 80.1 Å². The molecule has 5 aromatic rings. The van der Waals surface area contributed by atoms with Crippen LogP contribution in [0.5, 0.6) is 0 Å². The second kappa shape index (κ2) is 7.92. The molecule has 0 unspecified atom stereocenters. The summed E-state index contributed by atoms with van der Waals surface area (Å²) in [4.78, 5) is 4.63. The van der Waals surface area contributed by atoms with Crippen molar-refractivity contribution in [3.05, 3.63) is 89.3 Å². The predicted octanol–water partition coefficient (Wildman–Crippen LogP) is 7.24. The zero-order valence-corrected chi connectivity index (χ0v) is 19.5. The Kier molecular flexibility index (Phi) is 5.06. The van der Waals surface area contributed by atoms with Crippen molar-refractivity contribution in [1.29, 1.82) is 0 Å². The first-order valence-corrected chi connectivity index (χ1v) is 11.5. The molecular formula is C27H25N3OS. The van der Waals surface area contributed by atoms with Gasteiger partial charge in [0.05, 0.1) is 15.6 Å². The number of rotatable bonds is 3. The monoisotopic (exact) mass is 439 g/mol. The maximum atomic E-state index is 6.27. The molecule has 0 radical (unpaired) electrons. The largest absolute Gasteiger partial charge is 0.456 e. The highest BCUT2D eigenvalue weighted by Crippen LogP contribution is 2.28. The third-order valence-electron chi connectivity index (χ3n) is 5.50. The fourth-order valence-electron chi connectivity index (χ4n) is 3.68. The van der Waals surface area contributed by atoms with Crippen LogP contribution in [0, 0.1) is 6.92 Å². The Bertz CT molecular complexity index is 1450. The molecule has 3 aromatic carbocycles. The van der Waals surface area contributed by atoms with Gasteiger partial charge < -0.3 is 4.42 Å². The first kappa shape index (κ1) is 20.5. The number of fused-ring (bicyclic) bond motifs is 2. The lowest BCUT2D eigenvalue weighted by Crippen LogP contribution is -2.10. The summed E-state index contributed by atoms with van der Waals surface area (Å²) in [6, 6.07) is 24.8. The fraction of sp³-hybridized carbons (Fsp3) is 0.185. The smallest absolute Gasteiger partial charge is 0.204 e. The van der Waals surface area contributed by atoms with E-state index >= 15 is 0 Å². The minimum absolute atomic E-state index is 0.109. The van der Waals surface area contributed by atoms with E-state index in [1.165, 1.54) is 5.56 Å². The Balaban J connectivity index is 1.60. The average Bonchev–Trinajstić information content (AvgIpc) is 3.20. The van der Waals surface area contributed by atoms with E-state index in [0.717, 1.165) is 48.6 Å². The first-order valence-electron chi connectivity index (χ1n) is 10.7. The molecule has 0 aliphatic carbocycles. The highest BCUT2D eigenvalue weighted by molar-refractivity contribution is 7.22. The second-order valence-electron chi connectivity index (χ2n) is 9.03. The van der Waals surface area contributed by atoms with Crippen LogP contribution in [0.1, 0.15) is 31.9 Å². The van der Waals surface area contributed by atoms with Crippen LogP contribution in [0.2, 0.25) is 0 Å². The number of hydrogen-bond donors (Lipinski definition) is 1. The molecule has 0 saturated heterocycles. The molecule has 2 aromatic heterocycles. The van der Waals surface area contributed by atoms with Crippen LogP contribution in [0.3, 0.4) is 0 Å². The summed E-state index contributed by atoms with van der Waals surface area (Å²) < 4.78 is 7.40. The highest BCUT2D eigenvalue weighted by atomic mass is 32.1. The van der Waals surface area contributed by atoms with Crippen molar-refractivity contribution in [3.8, 4) is 11.3 Å². The molecule has 0 amide bonds. The molecular weight excluding hydrogens is 414 g/mol. The molecule has 0 bridgehead atoms. The minimum atomic E-state index is 0.109. The van der Waals surface area contributed by atoms with Gasteiger partial charge >= 0.3 is 0 Å². The standard InChI is InChI=1S/C27H25N3OS/c1-17-9-14-23-20(15-17)22(29-30-26-28-21-7-5-6-8-25(21)32-26)16-24(31-23)18-10-12-19(13-11-18)27(2,3)4/h5-16H,1-4H3,(H,28,30). The maximum Gasteiger partial charge on any atom is 0.204 e. The van der Waals surface area contributed by atoms with Crippen LogP contribution in [-0.4, -0.2) is 4.98 Å². The summed E-state index contributed by atoms with van der Waals surface area (Å²) in [7, 11) is 0. The number of nitrogens with one attached hydrogen (secondary N) is 1. The summed E-state index contributed by atoms with van der Waals surface area (Å²) in [6.07, 6.45) is 0. The molecule has 4 nitrogen and oxygen atoms in total. The van der Waals surface area contributed by atoms with Crippen molar-refractivity contribution in [1.82, 2.24) is 4.98 Å².